The van der Waals surface area contributed by atoms with Gasteiger partial charge in [-0.15, -0.1) is 0 Å². The first kappa shape index (κ1) is 26.2. The summed E-state index contributed by atoms with van der Waals surface area (Å²) in [7, 11) is 2.94. The summed E-state index contributed by atoms with van der Waals surface area (Å²) in [5, 5.41) is 3.20. The first-order chi connectivity index (χ1) is 16.8. The molecule has 2 aromatic rings. The quantitative estimate of drug-likeness (QED) is 0.444. The van der Waals surface area contributed by atoms with Crippen molar-refractivity contribution < 1.29 is 23.9 Å². The van der Waals surface area contributed by atoms with Crippen LogP contribution in [-0.4, -0.2) is 74.0 Å². The number of rotatable bonds is 8. The number of ether oxygens (including phenoxy) is 2. The normalized spacial score (nSPS) is 15.9. The average molecular weight is 500 g/mol. The maximum atomic E-state index is 12.9. The molecule has 2 atom stereocenters. The van der Waals surface area contributed by atoms with Gasteiger partial charge in [0.2, 0.25) is 11.8 Å². The molecule has 2 amide bonds. The van der Waals surface area contributed by atoms with Crippen LogP contribution in [0.5, 0.6) is 5.75 Å². The fraction of sp³-hybridized carbons (Fsp3) is 0.346. The van der Waals surface area contributed by atoms with Gasteiger partial charge in [0.05, 0.1) is 14.2 Å². The summed E-state index contributed by atoms with van der Waals surface area (Å²) in [5.41, 5.74) is 1.51. The molecule has 186 valence electrons. The summed E-state index contributed by atoms with van der Waals surface area (Å²) in [6, 6.07) is 13.1. The van der Waals surface area contributed by atoms with Gasteiger partial charge in [0, 0.05) is 37.3 Å². The third-order valence-corrected chi connectivity index (χ3v) is 6.23. The number of methoxy groups -OCH3 is 2. The minimum atomic E-state index is -0.686. The lowest BCUT2D eigenvalue weighted by Crippen LogP contribution is -2.55. The number of hydrogen-bond donors (Lipinski definition) is 1. The second-order valence-corrected chi connectivity index (χ2v) is 8.55. The van der Waals surface area contributed by atoms with Gasteiger partial charge in [0.25, 0.3) is 0 Å². The van der Waals surface area contributed by atoms with E-state index in [1.807, 2.05) is 23.1 Å². The zero-order valence-corrected chi connectivity index (χ0v) is 20.8. The molecule has 2 aromatic carbocycles. The van der Waals surface area contributed by atoms with Crippen molar-refractivity contribution in [1.29, 1.82) is 0 Å². The molecule has 1 saturated heterocycles. The van der Waals surface area contributed by atoms with Crippen molar-refractivity contribution in [1.82, 2.24) is 15.1 Å². The van der Waals surface area contributed by atoms with E-state index >= 15 is 0 Å². The van der Waals surface area contributed by atoms with Gasteiger partial charge in [-0.2, -0.15) is 0 Å². The summed E-state index contributed by atoms with van der Waals surface area (Å²) >= 11 is 6.34. The van der Waals surface area contributed by atoms with E-state index in [1.54, 1.807) is 55.3 Å². The second kappa shape index (κ2) is 12.4. The lowest BCUT2D eigenvalue weighted by atomic mass is 10.0. The number of amides is 2. The first-order valence-corrected chi connectivity index (χ1v) is 11.7. The zero-order chi connectivity index (χ0) is 25.4. The summed E-state index contributed by atoms with van der Waals surface area (Å²) in [5.74, 6) is -0.203. The highest BCUT2D eigenvalue weighted by Gasteiger charge is 2.34. The highest BCUT2D eigenvalue weighted by molar-refractivity contribution is 6.31. The fourth-order valence-electron chi connectivity index (χ4n) is 3.97. The van der Waals surface area contributed by atoms with E-state index < -0.39 is 18.1 Å². The number of carbonyl (C=O) groups is 3. The van der Waals surface area contributed by atoms with Crippen LogP contribution in [0.3, 0.4) is 0 Å². The van der Waals surface area contributed by atoms with E-state index in [-0.39, 0.29) is 11.8 Å². The van der Waals surface area contributed by atoms with Gasteiger partial charge >= 0.3 is 5.97 Å². The van der Waals surface area contributed by atoms with E-state index in [4.69, 9.17) is 21.1 Å². The Balaban J connectivity index is 1.55. The standard InChI is InChI=1S/C26H30ClN3O5/c1-18(28-23(31)13-10-19-8-11-20(34-2)12-9-19)25(32)30-16-14-29(15-17-30)24(26(33)35-3)21-6-4-5-7-22(21)27/h4-13,18,24H,14-17H2,1-3H3,(H,28,31)/b13-10+. The average Bonchev–Trinajstić information content (AvgIpc) is 2.88. The number of carbonyl (C=O) groups excluding carboxylic acids is 3. The van der Waals surface area contributed by atoms with Gasteiger partial charge in [0.1, 0.15) is 17.8 Å². The highest BCUT2D eigenvalue weighted by Crippen LogP contribution is 2.29. The molecule has 1 heterocycles. The Hall–Kier alpha value is -3.36. The Bertz CT molecular complexity index is 1060. The van der Waals surface area contributed by atoms with Crippen molar-refractivity contribution in [2.24, 2.45) is 0 Å². The molecule has 0 aromatic heterocycles. The highest BCUT2D eigenvalue weighted by atomic mass is 35.5. The topological polar surface area (TPSA) is 88.2 Å². The Morgan fingerprint density at radius 3 is 2.26 bits per heavy atom. The second-order valence-electron chi connectivity index (χ2n) is 8.15. The number of piperazine rings is 1. The van der Waals surface area contributed by atoms with E-state index in [9.17, 15) is 14.4 Å². The monoisotopic (exact) mass is 499 g/mol. The van der Waals surface area contributed by atoms with Gasteiger partial charge in [-0.3, -0.25) is 14.5 Å². The minimum absolute atomic E-state index is 0.178. The molecule has 35 heavy (non-hydrogen) atoms. The SMILES string of the molecule is COC(=O)C(c1ccccc1Cl)N1CCN(C(=O)C(C)NC(=O)/C=C/c2ccc(OC)cc2)CC1. The fourth-order valence-corrected chi connectivity index (χ4v) is 4.20. The van der Waals surface area contributed by atoms with Crippen LogP contribution in [0.25, 0.3) is 6.08 Å². The maximum absolute atomic E-state index is 12.9. The van der Waals surface area contributed by atoms with Crippen molar-refractivity contribution >= 4 is 35.5 Å². The third-order valence-electron chi connectivity index (χ3n) is 5.89. The number of nitrogens with one attached hydrogen (secondary N) is 1. The lowest BCUT2D eigenvalue weighted by molar-refractivity contribution is -0.149. The first-order valence-electron chi connectivity index (χ1n) is 11.3. The molecule has 9 heteroatoms. The Morgan fingerprint density at radius 2 is 1.66 bits per heavy atom. The predicted molar refractivity (Wildman–Crippen MR) is 134 cm³/mol. The van der Waals surface area contributed by atoms with E-state index in [0.717, 1.165) is 11.3 Å². The van der Waals surface area contributed by atoms with Crippen LogP contribution in [-0.2, 0) is 19.1 Å². The van der Waals surface area contributed by atoms with Crippen molar-refractivity contribution in [3.63, 3.8) is 0 Å². The molecule has 0 radical (unpaired) electrons. The molecule has 1 fully saturated rings. The number of esters is 1. The van der Waals surface area contributed by atoms with Gasteiger partial charge in [-0.1, -0.05) is 41.9 Å². The number of benzene rings is 2. The molecule has 8 nitrogen and oxygen atoms in total. The third kappa shape index (κ3) is 6.83. The van der Waals surface area contributed by atoms with Gasteiger partial charge in [-0.05, 0) is 42.3 Å². The van der Waals surface area contributed by atoms with Crippen LogP contribution in [0, 0.1) is 0 Å². The largest absolute Gasteiger partial charge is 0.497 e. The molecular formula is C26H30ClN3O5. The van der Waals surface area contributed by atoms with Crippen LogP contribution in [0.15, 0.2) is 54.6 Å². The van der Waals surface area contributed by atoms with Crippen LogP contribution < -0.4 is 10.1 Å². The van der Waals surface area contributed by atoms with Crippen molar-refractivity contribution in [2.75, 3.05) is 40.4 Å². The Labute approximate surface area is 210 Å². The molecule has 0 spiro atoms. The maximum Gasteiger partial charge on any atom is 0.327 e. The summed E-state index contributed by atoms with van der Waals surface area (Å²) in [6.07, 6.45) is 3.07. The molecule has 0 bridgehead atoms. The van der Waals surface area contributed by atoms with Gasteiger partial charge in [-0.25, -0.2) is 4.79 Å². The smallest absolute Gasteiger partial charge is 0.327 e. The summed E-state index contributed by atoms with van der Waals surface area (Å²) in [6.45, 7) is 3.43. The molecule has 1 N–H and O–H groups in total. The number of nitrogens with zero attached hydrogens (tertiary/aromatic N) is 2. The van der Waals surface area contributed by atoms with E-state index in [0.29, 0.717) is 36.8 Å². The summed E-state index contributed by atoms with van der Waals surface area (Å²) in [4.78, 5) is 41.4. The van der Waals surface area contributed by atoms with Crippen LogP contribution in [0.1, 0.15) is 24.1 Å². The molecule has 0 aliphatic carbocycles. The molecular weight excluding hydrogens is 470 g/mol. The molecule has 2 unspecified atom stereocenters. The minimum Gasteiger partial charge on any atom is -0.497 e. The number of hydrogen-bond acceptors (Lipinski definition) is 6. The van der Waals surface area contributed by atoms with Crippen molar-refractivity contribution in [2.45, 2.75) is 19.0 Å². The molecule has 1 aliphatic heterocycles. The van der Waals surface area contributed by atoms with E-state index in [2.05, 4.69) is 5.32 Å². The number of halogens is 1. The van der Waals surface area contributed by atoms with Crippen LogP contribution >= 0.6 is 11.6 Å². The molecule has 1 aliphatic rings. The molecule has 3 rings (SSSR count). The van der Waals surface area contributed by atoms with E-state index in [1.165, 1.54) is 13.2 Å². The summed E-state index contributed by atoms with van der Waals surface area (Å²) < 4.78 is 10.1. The van der Waals surface area contributed by atoms with Crippen LogP contribution in [0.4, 0.5) is 0 Å². The van der Waals surface area contributed by atoms with Crippen LogP contribution in [0.2, 0.25) is 5.02 Å². The predicted octanol–water partition coefficient (Wildman–Crippen LogP) is 2.93. The molecule has 0 saturated carbocycles. The van der Waals surface area contributed by atoms with Gasteiger partial charge < -0.3 is 19.7 Å². The zero-order valence-electron chi connectivity index (χ0n) is 20.1. The lowest BCUT2D eigenvalue weighted by Gasteiger charge is -2.39. The Morgan fingerprint density at radius 1 is 1.00 bits per heavy atom. The Kier molecular flexibility index (Phi) is 9.28. The van der Waals surface area contributed by atoms with Crippen molar-refractivity contribution in [3.8, 4) is 5.75 Å². The van der Waals surface area contributed by atoms with Crippen molar-refractivity contribution in [3.05, 3.63) is 70.8 Å². The van der Waals surface area contributed by atoms with Gasteiger partial charge in [0.15, 0.2) is 0 Å².